The van der Waals surface area contributed by atoms with Crippen LogP contribution < -0.4 is 5.32 Å². The minimum Gasteiger partial charge on any atom is -0.378 e. The summed E-state index contributed by atoms with van der Waals surface area (Å²) in [5, 5.41) is 3.55. The fraction of sp³-hybridized carbons (Fsp3) is 0.263. The van der Waals surface area contributed by atoms with Gasteiger partial charge in [-0.1, -0.05) is 35.3 Å². The van der Waals surface area contributed by atoms with Crippen LogP contribution in [0.25, 0.3) is 0 Å². The van der Waals surface area contributed by atoms with Gasteiger partial charge in [-0.25, -0.2) is 0 Å². The summed E-state index contributed by atoms with van der Waals surface area (Å²) in [6, 6.07) is 11.9. The number of halogens is 2. The third-order valence-electron chi connectivity index (χ3n) is 4.10. The molecule has 0 aliphatic carbocycles. The number of carbonyl (C=O) groups excluding carboxylic acids is 2. The summed E-state index contributed by atoms with van der Waals surface area (Å²) < 4.78 is 5.25. The number of nitrogens with one attached hydrogen (secondary N) is 1. The molecule has 0 aromatic heterocycles. The molecule has 136 valence electrons. The summed E-state index contributed by atoms with van der Waals surface area (Å²) in [5.74, 6) is -0.259. The van der Waals surface area contributed by atoms with Gasteiger partial charge in [-0.15, -0.1) is 0 Å². The van der Waals surface area contributed by atoms with Crippen molar-refractivity contribution in [3.05, 3.63) is 63.6 Å². The van der Waals surface area contributed by atoms with Crippen LogP contribution in [0.4, 0.5) is 5.69 Å². The van der Waals surface area contributed by atoms with Crippen LogP contribution in [-0.4, -0.2) is 43.0 Å². The van der Waals surface area contributed by atoms with E-state index in [4.69, 9.17) is 27.9 Å². The molecule has 0 radical (unpaired) electrons. The second kappa shape index (κ2) is 8.54. The van der Waals surface area contributed by atoms with Crippen molar-refractivity contribution in [2.75, 3.05) is 31.6 Å². The monoisotopic (exact) mass is 392 g/mol. The van der Waals surface area contributed by atoms with Crippen LogP contribution in [0.1, 0.15) is 15.9 Å². The largest absolute Gasteiger partial charge is 0.378 e. The summed E-state index contributed by atoms with van der Waals surface area (Å²) >= 11 is 12.0. The molecule has 0 spiro atoms. The van der Waals surface area contributed by atoms with Crippen LogP contribution in [0.15, 0.2) is 42.5 Å². The average Bonchev–Trinajstić information content (AvgIpc) is 2.66. The van der Waals surface area contributed by atoms with Gasteiger partial charge in [0.1, 0.15) is 0 Å². The van der Waals surface area contributed by atoms with Crippen LogP contribution >= 0.6 is 23.2 Å². The lowest BCUT2D eigenvalue weighted by Crippen LogP contribution is -2.41. The molecule has 2 aromatic rings. The Kier molecular flexibility index (Phi) is 6.14. The van der Waals surface area contributed by atoms with Crippen LogP contribution in [-0.2, 0) is 16.0 Å². The maximum absolute atomic E-state index is 12.3. The minimum atomic E-state index is -0.338. The number of ether oxygens (including phenoxy) is 1. The molecular formula is C19H18Cl2N2O3. The van der Waals surface area contributed by atoms with Crippen molar-refractivity contribution < 1.29 is 14.3 Å². The van der Waals surface area contributed by atoms with Crippen molar-refractivity contribution in [2.24, 2.45) is 0 Å². The molecule has 1 fully saturated rings. The first-order valence-corrected chi connectivity index (χ1v) is 8.99. The molecule has 0 saturated carbocycles. The van der Waals surface area contributed by atoms with Gasteiger partial charge in [-0.05, 0) is 35.9 Å². The van der Waals surface area contributed by atoms with Crippen LogP contribution in [0, 0.1) is 0 Å². The van der Waals surface area contributed by atoms with E-state index in [-0.39, 0.29) is 11.8 Å². The van der Waals surface area contributed by atoms with E-state index in [0.717, 1.165) is 5.56 Å². The molecule has 1 aliphatic rings. The summed E-state index contributed by atoms with van der Waals surface area (Å²) in [4.78, 5) is 26.4. The molecule has 1 N–H and O–H groups in total. The fourth-order valence-electron chi connectivity index (χ4n) is 2.68. The predicted molar refractivity (Wildman–Crippen MR) is 102 cm³/mol. The lowest BCUT2D eigenvalue weighted by atomic mass is 10.1. The van der Waals surface area contributed by atoms with Crippen molar-refractivity contribution in [1.29, 1.82) is 0 Å². The zero-order valence-corrected chi connectivity index (χ0v) is 15.5. The quantitative estimate of drug-likeness (QED) is 0.863. The fourth-order valence-corrected chi connectivity index (χ4v) is 3.05. The van der Waals surface area contributed by atoms with Gasteiger partial charge in [0.25, 0.3) is 5.91 Å². The van der Waals surface area contributed by atoms with Gasteiger partial charge in [-0.3, -0.25) is 9.59 Å². The molecule has 2 amide bonds. The van der Waals surface area contributed by atoms with Gasteiger partial charge in [0.05, 0.1) is 30.2 Å². The number of benzene rings is 2. The highest BCUT2D eigenvalue weighted by molar-refractivity contribution is 6.36. The second-order valence-corrected chi connectivity index (χ2v) is 6.79. The number of rotatable bonds is 4. The highest BCUT2D eigenvalue weighted by Gasteiger charge is 2.17. The number of amides is 2. The van der Waals surface area contributed by atoms with Crippen molar-refractivity contribution in [3.63, 3.8) is 0 Å². The van der Waals surface area contributed by atoms with Gasteiger partial charge < -0.3 is 15.0 Å². The van der Waals surface area contributed by atoms with Gasteiger partial charge in [0.15, 0.2) is 0 Å². The van der Waals surface area contributed by atoms with Gasteiger partial charge in [-0.2, -0.15) is 0 Å². The molecule has 0 bridgehead atoms. The maximum atomic E-state index is 12.3. The van der Waals surface area contributed by atoms with Crippen molar-refractivity contribution in [1.82, 2.24) is 4.90 Å². The summed E-state index contributed by atoms with van der Waals surface area (Å²) in [6.07, 6.45) is 0.328. The smallest absolute Gasteiger partial charge is 0.257 e. The van der Waals surface area contributed by atoms with E-state index >= 15 is 0 Å². The third-order valence-corrected chi connectivity index (χ3v) is 4.67. The highest BCUT2D eigenvalue weighted by atomic mass is 35.5. The SMILES string of the molecule is O=C(Nc1ccc(CC(=O)N2CCOCC2)cc1)c1cc(Cl)ccc1Cl. The van der Waals surface area contributed by atoms with Gasteiger partial charge >= 0.3 is 0 Å². The van der Waals surface area contributed by atoms with E-state index in [1.54, 1.807) is 29.2 Å². The first-order chi connectivity index (χ1) is 12.5. The Balaban J connectivity index is 1.61. The highest BCUT2D eigenvalue weighted by Crippen LogP contribution is 2.22. The number of morpholine rings is 1. The summed E-state index contributed by atoms with van der Waals surface area (Å²) in [5.41, 5.74) is 1.82. The zero-order chi connectivity index (χ0) is 18.5. The van der Waals surface area contributed by atoms with Crippen molar-refractivity contribution in [2.45, 2.75) is 6.42 Å². The molecule has 1 aliphatic heterocycles. The van der Waals surface area contributed by atoms with Crippen LogP contribution in [0.5, 0.6) is 0 Å². The van der Waals surface area contributed by atoms with E-state index in [0.29, 0.717) is 54.0 Å². The molecule has 2 aromatic carbocycles. The number of hydrogen-bond acceptors (Lipinski definition) is 3. The normalized spacial score (nSPS) is 14.2. The Bertz CT molecular complexity index is 803. The molecule has 5 nitrogen and oxygen atoms in total. The number of carbonyl (C=O) groups is 2. The van der Waals surface area contributed by atoms with Crippen molar-refractivity contribution >= 4 is 40.7 Å². The Hall–Kier alpha value is -2.08. The number of anilines is 1. The van der Waals surface area contributed by atoms with Gasteiger partial charge in [0, 0.05) is 23.8 Å². The Morgan fingerprint density at radius 1 is 1.04 bits per heavy atom. The first kappa shape index (κ1) is 18.7. The van der Waals surface area contributed by atoms with Crippen LogP contribution in [0.2, 0.25) is 10.0 Å². The minimum absolute atomic E-state index is 0.0794. The molecule has 1 heterocycles. The Labute approximate surface area is 161 Å². The maximum Gasteiger partial charge on any atom is 0.257 e. The Morgan fingerprint density at radius 3 is 2.42 bits per heavy atom. The van der Waals surface area contributed by atoms with E-state index in [2.05, 4.69) is 5.32 Å². The van der Waals surface area contributed by atoms with Gasteiger partial charge in [0.2, 0.25) is 5.91 Å². The molecule has 3 rings (SSSR count). The topological polar surface area (TPSA) is 58.6 Å². The van der Waals surface area contributed by atoms with Crippen LogP contribution in [0.3, 0.4) is 0 Å². The zero-order valence-electron chi connectivity index (χ0n) is 14.0. The van der Waals surface area contributed by atoms with E-state index < -0.39 is 0 Å². The number of nitrogens with zero attached hydrogens (tertiary/aromatic N) is 1. The van der Waals surface area contributed by atoms with E-state index in [9.17, 15) is 9.59 Å². The standard InChI is InChI=1S/C19H18Cl2N2O3/c20-14-3-6-17(21)16(12-14)19(25)22-15-4-1-13(2-5-15)11-18(24)23-7-9-26-10-8-23/h1-6,12H,7-11H2,(H,22,25). The third kappa shape index (κ3) is 4.75. The first-order valence-electron chi connectivity index (χ1n) is 8.24. The summed E-state index contributed by atoms with van der Waals surface area (Å²) in [7, 11) is 0. The second-order valence-electron chi connectivity index (χ2n) is 5.95. The van der Waals surface area contributed by atoms with E-state index in [1.807, 2.05) is 12.1 Å². The number of hydrogen-bond donors (Lipinski definition) is 1. The Morgan fingerprint density at radius 2 is 1.73 bits per heavy atom. The molecule has 0 atom stereocenters. The van der Waals surface area contributed by atoms with E-state index in [1.165, 1.54) is 6.07 Å². The molecule has 0 unspecified atom stereocenters. The lowest BCUT2D eigenvalue weighted by Gasteiger charge is -2.26. The molecule has 1 saturated heterocycles. The van der Waals surface area contributed by atoms with Crippen molar-refractivity contribution in [3.8, 4) is 0 Å². The summed E-state index contributed by atoms with van der Waals surface area (Å²) in [6.45, 7) is 2.44. The average molecular weight is 393 g/mol. The molecule has 7 heteroatoms. The molecule has 26 heavy (non-hydrogen) atoms. The predicted octanol–water partition coefficient (Wildman–Crippen LogP) is 3.65. The lowest BCUT2D eigenvalue weighted by molar-refractivity contribution is -0.134. The molecular weight excluding hydrogens is 375 g/mol.